The highest BCUT2D eigenvalue weighted by molar-refractivity contribution is 5.85. The topological polar surface area (TPSA) is 55.1 Å². The Morgan fingerprint density at radius 1 is 1.05 bits per heavy atom. The largest absolute Gasteiger partial charge is 0.353 e. The number of rotatable bonds is 3. The molecule has 0 saturated heterocycles. The minimum Gasteiger partial charge on any atom is -0.353 e. The van der Waals surface area contributed by atoms with Crippen molar-refractivity contribution in [3.05, 3.63) is 0 Å². The van der Waals surface area contributed by atoms with E-state index in [1.165, 1.54) is 44.9 Å². The average molecular weight is 315 g/mol. The molecule has 0 aliphatic heterocycles. The van der Waals surface area contributed by atoms with Gasteiger partial charge >= 0.3 is 0 Å². The van der Waals surface area contributed by atoms with Crippen molar-refractivity contribution in [1.82, 2.24) is 5.32 Å². The Bertz CT molecular complexity index is 343. The number of fused-ring (bicyclic) bond motifs is 2. The van der Waals surface area contributed by atoms with Crippen molar-refractivity contribution in [3.63, 3.8) is 0 Å². The quantitative estimate of drug-likeness (QED) is 0.840. The second-order valence-electron chi connectivity index (χ2n) is 7.54. The molecule has 0 aromatic rings. The fraction of sp³-hybridized carbons (Fsp3) is 0.941. The number of amides is 1. The van der Waals surface area contributed by atoms with Gasteiger partial charge in [0, 0.05) is 18.0 Å². The highest BCUT2D eigenvalue weighted by Gasteiger charge is 2.40. The zero-order chi connectivity index (χ0) is 14.1. The second-order valence-corrected chi connectivity index (χ2v) is 7.54. The lowest BCUT2D eigenvalue weighted by Crippen LogP contribution is -2.50. The molecule has 3 atom stereocenters. The van der Waals surface area contributed by atoms with Crippen LogP contribution in [-0.4, -0.2) is 18.0 Å². The molecule has 3 N–H and O–H groups in total. The van der Waals surface area contributed by atoms with Crippen LogP contribution >= 0.6 is 12.4 Å². The normalized spacial score (nSPS) is 37.6. The SMILES string of the molecule is CC(NC(=O)C1CC2CCCC(C1)C2N)C1CCCC1.Cl. The molecule has 0 aromatic heterocycles. The molecule has 0 spiro atoms. The first-order valence-corrected chi connectivity index (χ1v) is 8.71. The van der Waals surface area contributed by atoms with Crippen molar-refractivity contribution < 1.29 is 4.79 Å². The van der Waals surface area contributed by atoms with Gasteiger partial charge in [-0.05, 0) is 63.2 Å². The molecule has 2 bridgehead atoms. The van der Waals surface area contributed by atoms with E-state index in [4.69, 9.17) is 5.73 Å². The van der Waals surface area contributed by atoms with Crippen molar-refractivity contribution in [2.45, 2.75) is 76.8 Å². The lowest BCUT2D eigenvalue weighted by Gasteiger charge is -2.43. The average Bonchev–Trinajstić information content (AvgIpc) is 2.92. The standard InChI is InChI=1S/C17H30N2O.ClH/c1-11(12-5-2-3-6-12)19-17(20)15-9-13-7-4-8-14(10-15)16(13)18;/h11-16H,2-10,18H2,1H3,(H,19,20);1H. The van der Waals surface area contributed by atoms with Crippen LogP contribution < -0.4 is 11.1 Å². The first-order valence-electron chi connectivity index (χ1n) is 8.71. The second kappa shape index (κ2) is 7.32. The third-order valence-corrected chi connectivity index (χ3v) is 6.26. The van der Waals surface area contributed by atoms with Gasteiger partial charge in [-0.1, -0.05) is 19.3 Å². The summed E-state index contributed by atoms with van der Waals surface area (Å²) in [4.78, 5) is 12.6. The van der Waals surface area contributed by atoms with Gasteiger partial charge in [-0.3, -0.25) is 4.79 Å². The summed E-state index contributed by atoms with van der Waals surface area (Å²) in [5.74, 6) is 2.45. The predicted molar refractivity (Wildman–Crippen MR) is 88.3 cm³/mol. The number of nitrogens with one attached hydrogen (secondary N) is 1. The number of carbonyl (C=O) groups excluding carboxylic acids is 1. The molecule has 0 aromatic carbocycles. The number of halogens is 1. The minimum atomic E-state index is 0. The van der Waals surface area contributed by atoms with Gasteiger partial charge in [-0.25, -0.2) is 0 Å². The van der Waals surface area contributed by atoms with Gasteiger partial charge in [-0.2, -0.15) is 0 Å². The van der Waals surface area contributed by atoms with Gasteiger partial charge in [0.25, 0.3) is 0 Å². The molecule has 122 valence electrons. The van der Waals surface area contributed by atoms with E-state index < -0.39 is 0 Å². The summed E-state index contributed by atoms with van der Waals surface area (Å²) < 4.78 is 0. The summed E-state index contributed by atoms with van der Waals surface area (Å²) >= 11 is 0. The highest BCUT2D eigenvalue weighted by Crippen LogP contribution is 2.42. The Balaban J connectivity index is 0.00000161. The van der Waals surface area contributed by atoms with Crippen LogP contribution in [0, 0.1) is 23.7 Å². The minimum absolute atomic E-state index is 0. The molecule has 3 aliphatic rings. The van der Waals surface area contributed by atoms with Crippen molar-refractivity contribution in [3.8, 4) is 0 Å². The maximum Gasteiger partial charge on any atom is 0.223 e. The number of hydrogen-bond donors (Lipinski definition) is 2. The van der Waals surface area contributed by atoms with E-state index in [1.807, 2.05) is 0 Å². The Kier molecular flexibility index (Phi) is 5.96. The lowest BCUT2D eigenvalue weighted by atomic mass is 9.65. The number of nitrogens with two attached hydrogens (primary N) is 1. The molecule has 4 heteroatoms. The molecular weight excluding hydrogens is 284 g/mol. The summed E-state index contributed by atoms with van der Waals surface area (Å²) in [6.07, 6.45) is 11.1. The molecule has 21 heavy (non-hydrogen) atoms. The maximum absolute atomic E-state index is 12.6. The van der Waals surface area contributed by atoms with Crippen LogP contribution in [0.2, 0.25) is 0 Å². The molecule has 3 aliphatic carbocycles. The highest BCUT2D eigenvalue weighted by atomic mass is 35.5. The first-order chi connectivity index (χ1) is 9.65. The zero-order valence-electron chi connectivity index (χ0n) is 13.2. The molecule has 3 saturated carbocycles. The summed E-state index contributed by atoms with van der Waals surface area (Å²) in [6, 6.07) is 0.723. The van der Waals surface area contributed by atoms with Crippen LogP contribution in [0.15, 0.2) is 0 Å². The molecule has 3 fully saturated rings. The third-order valence-electron chi connectivity index (χ3n) is 6.26. The van der Waals surface area contributed by atoms with Crippen molar-refractivity contribution in [2.75, 3.05) is 0 Å². The van der Waals surface area contributed by atoms with Crippen LogP contribution in [0.1, 0.15) is 64.7 Å². The van der Waals surface area contributed by atoms with Crippen molar-refractivity contribution in [1.29, 1.82) is 0 Å². The summed E-state index contributed by atoms with van der Waals surface area (Å²) in [5.41, 5.74) is 6.32. The van der Waals surface area contributed by atoms with E-state index in [-0.39, 0.29) is 18.3 Å². The predicted octanol–water partition coefficient (Wildman–Crippen LogP) is 3.26. The van der Waals surface area contributed by atoms with Gasteiger partial charge in [0.1, 0.15) is 0 Å². The van der Waals surface area contributed by atoms with Gasteiger partial charge in [0.2, 0.25) is 5.91 Å². The van der Waals surface area contributed by atoms with Crippen LogP contribution in [0.3, 0.4) is 0 Å². The zero-order valence-corrected chi connectivity index (χ0v) is 14.0. The van der Waals surface area contributed by atoms with E-state index in [2.05, 4.69) is 12.2 Å². The van der Waals surface area contributed by atoms with Crippen LogP contribution in [-0.2, 0) is 4.79 Å². The Morgan fingerprint density at radius 2 is 1.62 bits per heavy atom. The van der Waals surface area contributed by atoms with Crippen molar-refractivity contribution >= 4 is 18.3 Å². The molecule has 0 radical (unpaired) electrons. The molecule has 3 rings (SSSR count). The third kappa shape index (κ3) is 3.73. The van der Waals surface area contributed by atoms with E-state index in [0.29, 0.717) is 35.7 Å². The Labute approximate surface area is 135 Å². The molecule has 1 amide bonds. The van der Waals surface area contributed by atoms with E-state index in [0.717, 1.165) is 12.8 Å². The van der Waals surface area contributed by atoms with Crippen LogP contribution in [0.25, 0.3) is 0 Å². The maximum atomic E-state index is 12.6. The summed E-state index contributed by atoms with van der Waals surface area (Å²) in [6.45, 7) is 2.20. The van der Waals surface area contributed by atoms with E-state index in [1.54, 1.807) is 0 Å². The Hall–Kier alpha value is -0.280. The van der Waals surface area contributed by atoms with E-state index in [9.17, 15) is 4.79 Å². The van der Waals surface area contributed by atoms with Gasteiger partial charge < -0.3 is 11.1 Å². The molecule has 0 heterocycles. The fourth-order valence-corrected chi connectivity index (χ4v) is 4.92. The number of carbonyl (C=O) groups is 1. The first kappa shape index (κ1) is 17.1. The molecular formula is C17H31ClN2O. The van der Waals surface area contributed by atoms with Crippen molar-refractivity contribution in [2.24, 2.45) is 29.4 Å². The van der Waals surface area contributed by atoms with Gasteiger partial charge in [0.15, 0.2) is 0 Å². The van der Waals surface area contributed by atoms with Crippen LogP contribution in [0.5, 0.6) is 0 Å². The van der Waals surface area contributed by atoms with Crippen LogP contribution in [0.4, 0.5) is 0 Å². The monoisotopic (exact) mass is 314 g/mol. The fourth-order valence-electron chi connectivity index (χ4n) is 4.92. The van der Waals surface area contributed by atoms with Gasteiger partial charge in [-0.15, -0.1) is 12.4 Å². The summed E-state index contributed by atoms with van der Waals surface area (Å²) in [7, 11) is 0. The smallest absolute Gasteiger partial charge is 0.223 e. The molecule has 3 unspecified atom stereocenters. The number of hydrogen-bond acceptors (Lipinski definition) is 2. The Morgan fingerprint density at radius 3 is 2.19 bits per heavy atom. The lowest BCUT2D eigenvalue weighted by molar-refractivity contribution is -0.128. The molecule has 3 nitrogen and oxygen atoms in total. The summed E-state index contributed by atoms with van der Waals surface area (Å²) in [5, 5.41) is 3.32. The van der Waals surface area contributed by atoms with E-state index >= 15 is 0 Å². The van der Waals surface area contributed by atoms with Gasteiger partial charge in [0.05, 0.1) is 0 Å².